The van der Waals surface area contributed by atoms with Crippen molar-refractivity contribution >= 4 is 0 Å². The number of aryl methyl sites for hydroxylation is 1. The van der Waals surface area contributed by atoms with E-state index in [-0.39, 0.29) is 11.8 Å². The van der Waals surface area contributed by atoms with Gasteiger partial charge in [0.15, 0.2) is 0 Å². The third kappa shape index (κ3) is 3.70. The van der Waals surface area contributed by atoms with Crippen LogP contribution in [0.25, 0.3) is 0 Å². The first-order valence-electron chi connectivity index (χ1n) is 6.46. The van der Waals surface area contributed by atoms with Crippen LogP contribution in [0.3, 0.4) is 0 Å². The van der Waals surface area contributed by atoms with Crippen molar-refractivity contribution in [1.29, 1.82) is 0 Å². The van der Waals surface area contributed by atoms with Crippen molar-refractivity contribution in [3.05, 3.63) is 59.2 Å². The third-order valence-electron chi connectivity index (χ3n) is 3.28. The van der Waals surface area contributed by atoms with Gasteiger partial charge in [0.25, 0.3) is 0 Å². The number of alkyl halides is 2. The molecule has 0 heterocycles. The molecule has 3 nitrogen and oxygen atoms in total. The van der Waals surface area contributed by atoms with Gasteiger partial charge >= 0.3 is 6.61 Å². The predicted octanol–water partition coefficient (Wildman–Crippen LogP) is 3.65. The van der Waals surface area contributed by atoms with Crippen LogP contribution in [0.4, 0.5) is 8.78 Å². The Morgan fingerprint density at radius 1 is 1.00 bits per heavy atom. The van der Waals surface area contributed by atoms with Gasteiger partial charge in [-0.15, -0.1) is 0 Å². The van der Waals surface area contributed by atoms with Crippen molar-refractivity contribution in [1.82, 2.24) is 0 Å². The molecule has 2 rings (SSSR count). The zero-order chi connectivity index (χ0) is 15.4. The van der Waals surface area contributed by atoms with E-state index >= 15 is 0 Å². The highest BCUT2D eigenvalue weighted by molar-refractivity contribution is 5.42. The van der Waals surface area contributed by atoms with Gasteiger partial charge in [0.1, 0.15) is 11.5 Å². The average molecular weight is 293 g/mol. The third-order valence-corrected chi connectivity index (χ3v) is 3.28. The first-order valence-corrected chi connectivity index (χ1v) is 6.46. The Kier molecular flexibility index (Phi) is 4.75. The van der Waals surface area contributed by atoms with Crippen LogP contribution in [-0.2, 0) is 0 Å². The van der Waals surface area contributed by atoms with Crippen molar-refractivity contribution < 1.29 is 18.3 Å². The minimum absolute atomic E-state index is 0.118. The summed E-state index contributed by atoms with van der Waals surface area (Å²) in [6, 6.07) is 11.7. The van der Waals surface area contributed by atoms with Crippen molar-refractivity contribution in [3.8, 4) is 11.5 Å². The Labute approximate surface area is 122 Å². The Morgan fingerprint density at radius 3 is 2.14 bits per heavy atom. The van der Waals surface area contributed by atoms with Crippen LogP contribution in [-0.4, -0.2) is 13.7 Å². The molecule has 0 aliphatic carbocycles. The topological polar surface area (TPSA) is 44.5 Å². The fourth-order valence-electron chi connectivity index (χ4n) is 2.16. The van der Waals surface area contributed by atoms with E-state index in [4.69, 9.17) is 10.5 Å². The second-order valence-electron chi connectivity index (χ2n) is 4.65. The maximum absolute atomic E-state index is 12.1. The normalized spacial score (nSPS) is 12.3. The molecule has 0 saturated carbocycles. The molecule has 112 valence electrons. The van der Waals surface area contributed by atoms with Crippen molar-refractivity contribution in [2.24, 2.45) is 5.73 Å². The van der Waals surface area contributed by atoms with Crippen molar-refractivity contribution in [2.45, 2.75) is 19.6 Å². The fourth-order valence-corrected chi connectivity index (χ4v) is 2.16. The van der Waals surface area contributed by atoms with Gasteiger partial charge in [-0.2, -0.15) is 8.78 Å². The molecule has 0 radical (unpaired) electrons. The molecular weight excluding hydrogens is 276 g/mol. The average Bonchev–Trinajstić information content (AvgIpc) is 2.46. The van der Waals surface area contributed by atoms with Crippen LogP contribution in [0, 0.1) is 6.92 Å². The lowest BCUT2D eigenvalue weighted by Crippen LogP contribution is -2.13. The second-order valence-corrected chi connectivity index (χ2v) is 4.65. The first kappa shape index (κ1) is 15.3. The molecule has 21 heavy (non-hydrogen) atoms. The van der Waals surface area contributed by atoms with Crippen LogP contribution < -0.4 is 15.2 Å². The summed E-state index contributed by atoms with van der Waals surface area (Å²) in [5, 5.41) is 0. The molecule has 5 heteroatoms. The van der Waals surface area contributed by atoms with E-state index in [1.165, 1.54) is 12.1 Å². The summed E-state index contributed by atoms with van der Waals surface area (Å²) in [5.74, 6) is 0.886. The lowest BCUT2D eigenvalue weighted by atomic mass is 9.95. The van der Waals surface area contributed by atoms with Gasteiger partial charge in [-0.25, -0.2) is 0 Å². The van der Waals surface area contributed by atoms with Gasteiger partial charge < -0.3 is 15.2 Å². The Balaban J connectivity index is 2.21. The number of ether oxygens (including phenoxy) is 2. The molecule has 0 fully saturated rings. The van der Waals surface area contributed by atoms with E-state index in [0.717, 1.165) is 22.4 Å². The lowest BCUT2D eigenvalue weighted by molar-refractivity contribution is -0.0498. The highest BCUT2D eigenvalue weighted by atomic mass is 19.3. The molecule has 0 saturated heterocycles. The fraction of sp³-hybridized carbons (Fsp3) is 0.250. The zero-order valence-corrected chi connectivity index (χ0v) is 11.8. The maximum atomic E-state index is 12.1. The molecule has 1 atom stereocenters. The maximum Gasteiger partial charge on any atom is 0.387 e. The monoisotopic (exact) mass is 293 g/mol. The minimum Gasteiger partial charge on any atom is -0.497 e. The van der Waals surface area contributed by atoms with Gasteiger partial charge in [0.05, 0.1) is 13.2 Å². The highest BCUT2D eigenvalue weighted by Gasteiger charge is 2.13. The van der Waals surface area contributed by atoms with Gasteiger partial charge in [-0.3, -0.25) is 0 Å². The summed E-state index contributed by atoms with van der Waals surface area (Å²) >= 11 is 0. The number of nitrogens with two attached hydrogens (primary N) is 1. The summed E-state index contributed by atoms with van der Waals surface area (Å²) in [4.78, 5) is 0. The summed E-state index contributed by atoms with van der Waals surface area (Å²) in [5.41, 5.74) is 9.02. The molecule has 2 N–H and O–H groups in total. The largest absolute Gasteiger partial charge is 0.497 e. The van der Waals surface area contributed by atoms with E-state index in [1.54, 1.807) is 19.2 Å². The first-order chi connectivity index (χ1) is 10.0. The Morgan fingerprint density at radius 2 is 1.62 bits per heavy atom. The van der Waals surface area contributed by atoms with Crippen LogP contribution in [0.5, 0.6) is 11.5 Å². The van der Waals surface area contributed by atoms with Gasteiger partial charge in [0, 0.05) is 0 Å². The van der Waals surface area contributed by atoms with Crippen LogP contribution in [0.1, 0.15) is 22.7 Å². The quantitative estimate of drug-likeness (QED) is 0.915. The number of benzene rings is 2. The number of rotatable bonds is 5. The van der Waals surface area contributed by atoms with Crippen molar-refractivity contribution in [2.75, 3.05) is 7.11 Å². The number of methoxy groups -OCH3 is 1. The van der Waals surface area contributed by atoms with E-state index in [0.29, 0.717) is 0 Å². The summed E-state index contributed by atoms with van der Waals surface area (Å²) < 4.78 is 33.7. The van der Waals surface area contributed by atoms with E-state index < -0.39 is 6.61 Å². The number of halogens is 2. The molecule has 1 unspecified atom stereocenters. The standard InChI is InChI=1S/C16H17F2NO2/c1-10-9-13(20-2)7-8-14(10)15(19)11-3-5-12(6-4-11)21-16(17)18/h3-9,15-16H,19H2,1-2H3. The molecule has 0 aliphatic heterocycles. The van der Waals surface area contributed by atoms with Gasteiger partial charge in [-0.05, 0) is 47.9 Å². The van der Waals surface area contributed by atoms with Gasteiger partial charge in [-0.1, -0.05) is 18.2 Å². The number of hydrogen-bond acceptors (Lipinski definition) is 3. The molecular formula is C16H17F2NO2. The molecule has 2 aromatic carbocycles. The lowest BCUT2D eigenvalue weighted by Gasteiger charge is -2.16. The smallest absolute Gasteiger partial charge is 0.387 e. The SMILES string of the molecule is COc1ccc(C(N)c2ccc(OC(F)F)cc2)c(C)c1. The zero-order valence-electron chi connectivity index (χ0n) is 11.8. The summed E-state index contributed by atoms with van der Waals surface area (Å²) in [6.45, 7) is -0.875. The molecule has 0 amide bonds. The highest BCUT2D eigenvalue weighted by Crippen LogP contribution is 2.27. The second kappa shape index (κ2) is 6.54. The summed E-state index contributed by atoms with van der Waals surface area (Å²) in [7, 11) is 1.61. The van der Waals surface area contributed by atoms with E-state index in [9.17, 15) is 8.78 Å². The van der Waals surface area contributed by atoms with Crippen molar-refractivity contribution in [3.63, 3.8) is 0 Å². The minimum atomic E-state index is -2.83. The van der Waals surface area contributed by atoms with E-state index in [1.807, 2.05) is 25.1 Å². The molecule has 0 spiro atoms. The van der Waals surface area contributed by atoms with E-state index in [2.05, 4.69) is 4.74 Å². The number of hydrogen-bond donors (Lipinski definition) is 1. The molecule has 0 aromatic heterocycles. The Hall–Kier alpha value is -2.14. The predicted molar refractivity (Wildman–Crippen MR) is 76.8 cm³/mol. The molecule has 0 aliphatic rings. The van der Waals surface area contributed by atoms with Crippen LogP contribution >= 0.6 is 0 Å². The molecule has 0 bridgehead atoms. The van der Waals surface area contributed by atoms with Gasteiger partial charge in [0.2, 0.25) is 0 Å². The molecule has 2 aromatic rings. The van der Waals surface area contributed by atoms with Crippen LogP contribution in [0.2, 0.25) is 0 Å². The van der Waals surface area contributed by atoms with Crippen LogP contribution in [0.15, 0.2) is 42.5 Å². The Bertz CT molecular complexity index is 600. The summed E-state index contributed by atoms with van der Waals surface area (Å²) in [6.07, 6.45) is 0.